The van der Waals surface area contributed by atoms with E-state index in [0.29, 0.717) is 6.07 Å². The van der Waals surface area contributed by atoms with Crippen LogP contribution in [0.3, 0.4) is 0 Å². The second-order valence-electron chi connectivity index (χ2n) is 5.43. The van der Waals surface area contributed by atoms with E-state index in [1.807, 2.05) is 5.32 Å². The van der Waals surface area contributed by atoms with Gasteiger partial charge in [-0.3, -0.25) is 10.1 Å². The minimum absolute atomic E-state index is 0.0469. The van der Waals surface area contributed by atoms with Gasteiger partial charge in [0.05, 0.1) is 21.4 Å². The number of ether oxygens (including phenoxy) is 1. The summed E-state index contributed by atoms with van der Waals surface area (Å²) in [5.74, 6) is -1.92. The van der Waals surface area contributed by atoms with Crippen molar-refractivity contribution in [2.45, 2.75) is 25.4 Å². The second-order valence-corrected chi connectivity index (χ2v) is 6.99. The molecule has 1 aromatic heterocycles. The number of hydrogen-bond donors (Lipinski definition) is 2. The summed E-state index contributed by atoms with van der Waals surface area (Å²) in [5, 5.41) is 6.35. The lowest BCUT2D eigenvalue weighted by atomic mass is 10.3. The number of halogens is 8. The molecule has 164 valence electrons. The predicted molar refractivity (Wildman–Crippen MR) is 94.1 cm³/mol. The number of urea groups is 1. The van der Waals surface area contributed by atoms with Crippen molar-refractivity contribution in [1.29, 1.82) is 0 Å². The summed E-state index contributed by atoms with van der Waals surface area (Å²) in [7, 11) is 0. The fraction of sp³-hybridized carbons (Fsp3) is 0.286. The first-order valence-electron chi connectivity index (χ1n) is 7.40. The van der Waals surface area contributed by atoms with Gasteiger partial charge in [0, 0.05) is 6.07 Å². The van der Waals surface area contributed by atoms with Crippen molar-refractivity contribution in [3.63, 3.8) is 0 Å². The number of carbonyl (C=O) groups is 2. The van der Waals surface area contributed by atoms with Crippen LogP contribution in [-0.4, -0.2) is 40.0 Å². The number of benzene rings is 1. The van der Waals surface area contributed by atoms with Gasteiger partial charge in [-0.25, -0.2) is 9.18 Å². The quantitative estimate of drug-likeness (QED) is 0.569. The van der Waals surface area contributed by atoms with Gasteiger partial charge in [0.15, 0.2) is 0 Å². The molecule has 0 saturated heterocycles. The first kappa shape index (κ1) is 24.0. The van der Waals surface area contributed by atoms with E-state index in [9.17, 15) is 35.9 Å². The predicted octanol–water partition coefficient (Wildman–Crippen LogP) is 4.99. The molecule has 16 heteroatoms. The maximum Gasteiger partial charge on any atom is 0.439 e. The fourth-order valence-electron chi connectivity index (χ4n) is 1.84. The Morgan fingerprint density at radius 2 is 1.80 bits per heavy atom. The zero-order valence-electron chi connectivity index (χ0n) is 14.3. The van der Waals surface area contributed by atoms with Crippen molar-refractivity contribution in [1.82, 2.24) is 14.9 Å². The lowest BCUT2D eigenvalue weighted by molar-refractivity contribution is -0.304. The van der Waals surface area contributed by atoms with E-state index in [2.05, 4.69) is 19.6 Å². The van der Waals surface area contributed by atoms with Crippen molar-refractivity contribution < 1.29 is 40.7 Å². The molecule has 1 aromatic carbocycles. The Labute approximate surface area is 177 Å². The molecule has 30 heavy (non-hydrogen) atoms. The number of hydrogen-bond acceptors (Lipinski definition) is 6. The van der Waals surface area contributed by atoms with Gasteiger partial charge in [-0.1, -0.05) is 27.7 Å². The molecule has 1 atom stereocenters. The number of amides is 3. The molecule has 3 amide bonds. The summed E-state index contributed by atoms with van der Waals surface area (Å²) in [6, 6.07) is 0.181. The number of nitrogens with one attached hydrogen (secondary N) is 2. The maximum atomic E-state index is 13.4. The number of aromatic nitrogens is 2. The SMILES string of the molecule is Cc1nnsc1C(=O)NC(=O)Nc1cc(Cl)c(OC(F)(F)C(F)C(F)(F)F)cc1Cl. The third-order valence-electron chi connectivity index (χ3n) is 3.18. The highest BCUT2D eigenvalue weighted by Crippen LogP contribution is 2.41. The van der Waals surface area contributed by atoms with Crippen molar-refractivity contribution in [2.75, 3.05) is 5.32 Å². The van der Waals surface area contributed by atoms with Crippen LogP contribution < -0.4 is 15.4 Å². The molecule has 0 saturated carbocycles. The van der Waals surface area contributed by atoms with E-state index in [1.165, 1.54) is 6.92 Å². The molecule has 0 aliphatic rings. The summed E-state index contributed by atoms with van der Waals surface area (Å²) >= 11 is 12.1. The molecule has 2 aromatic rings. The van der Waals surface area contributed by atoms with Crippen LogP contribution in [0.1, 0.15) is 15.4 Å². The summed E-state index contributed by atoms with van der Waals surface area (Å²) in [5.41, 5.74) is -0.0479. The first-order valence-corrected chi connectivity index (χ1v) is 8.93. The van der Waals surface area contributed by atoms with Crippen molar-refractivity contribution in [2.24, 2.45) is 0 Å². The Morgan fingerprint density at radius 1 is 1.17 bits per heavy atom. The molecule has 1 heterocycles. The number of anilines is 1. The van der Waals surface area contributed by atoms with Gasteiger partial charge in [-0.05, 0) is 24.5 Å². The van der Waals surface area contributed by atoms with E-state index in [4.69, 9.17) is 23.2 Å². The number of aryl methyl sites for hydroxylation is 1. The van der Waals surface area contributed by atoms with E-state index >= 15 is 0 Å². The molecule has 0 fully saturated rings. The Morgan fingerprint density at radius 3 is 2.33 bits per heavy atom. The summed E-state index contributed by atoms with van der Waals surface area (Å²) in [6.07, 6.45) is -15.8. The Balaban J connectivity index is 2.13. The summed E-state index contributed by atoms with van der Waals surface area (Å²) < 4.78 is 83.5. The van der Waals surface area contributed by atoms with Crippen LogP contribution in [-0.2, 0) is 0 Å². The monoisotopic (exact) mass is 496 g/mol. The molecule has 0 aliphatic carbocycles. The van der Waals surface area contributed by atoms with Crippen molar-refractivity contribution >= 4 is 52.4 Å². The third kappa shape index (κ3) is 5.64. The van der Waals surface area contributed by atoms with Gasteiger partial charge >= 0.3 is 18.3 Å². The zero-order chi connectivity index (χ0) is 22.9. The minimum atomic E-state index is -5.89. The van der Waals surface area contributed by atoms with Crippen LogP contribution in [0, 0.1) is 6.92 Å². The molecule has 0 radical (unpaired) electrons. The Hall–Kier alpha value is -2.32. The van der Waals surface area contributed by atoms with Gasteiger partial charge in [0.25, 0.3) is 12.1 Å². The summed E-state index contributed by atoms with van der Waals surface area (Å²) in [4.78, 5) is 23.8. The van der Waals surface area contributed by atoms with Gasteiger partial charge in [0.2, 0.25) is 0 Å². The Bertz CT molecular complexity index is 972. The average molecular weight is 497 g/mol. The molecule has 2 N–H and O–H groups in total. The van der Waals surface area contributed by atoms with E-state index < -0.39 is 46.2 Å². The standard InChI is InChI=1S/C14H8Cl2F6N4O3S/c1-4-9(30-26-25-4)10(27)24-12(28)23-7-2-6(16)8(3-5(7)15)29-14(21,22)11(17)13(18,19)20/h2-3,11H,1H3,(H2,23,24,27,28). The second kappa shape index (κ2) is 8.81. The highest BCUT2D eigenvalue weighted by atomic mass is 35.5. The smallest absolute Gasteiger partial charge is 0.428 e. The lowest BCUT2D eigenvalue weighted by Crippen LogP contribution is -2.45. The van der Waals surface area contributed by atoms with Crippen LogP contribution in [0.25, 0.3) is 0 Å². The van der Waals surface area contributed by atoms with Gasteiger partial charge in [-0.15, -0.1) is 5.10 Å². The first-order chi connectivity index (χ1) is 13.7. The molecule has 7 nitrogen and oxygen atoms in total. The van der Waals surface area contributed by atoms with E-state index in [0.717, 1.165) is 17.6 Å². The largest absolute Gasteiger partial charge is 0.439 e. The van der Waals surface area contributed by atoms with Crippen LogP contribution >= 0.6 is 34.7 Å². The maximum absolute atomic E-state index is 13.4. The van der Waals surface area contributed by atoms with Gasteiger partial charge < -0.3 is 10.1 Å². The van der Waals surface area contributed by atoms with Crippen molar-refractivity contribution in [3.8, 4) is 5.75 Å². The average Bonchev–Trinajstić information content (AvgIpc) is 3.03. The Kier molecular flexibility index (Phi) is 7.04. The number of nitrogens with zero attached hydrogens (tertiary/aromatic N) is 2. The van der Waals surface area contributed by atoms with E-state index in [1.54, 1.807) is 0 Å². The lowest BCUT2D eigenvalue weighted by Gasteiger charge is -2.23. The van der Waals surface area contributed by atoms with Crippen molar-refractivity contribution in [3.05, 3.63) is 32.7 Å². The van der Waals surface area contributed by atoms with Crippen LogP contribution in [0.4, 0.5) is 36.8 Å². The van der Waals surface area contributed by atoms with Gasteiger partial charge in [-0.2, -0.15) is 22.0 Å². The highest BCUT2D eigenvalue weighted by molar-refractivity contribution is 7.08. The number of imide groups is 1. The number of carbonyl (C=O) groups excluding carboxylic acids is 2. The van der Waals surface area contributed by atoms with Crippen LogP contribution in [0.2, 0.25) is 10.0 Å². The zero-order valence-corrected chi connectivity index (χ0v) is 16.6. The number of alkyl halides is 6. The van der Waals surface area contributed by atoms with E-state index in [-0.39, 0.29) is 16.3 Å². The topological polar surface area (TPSA) is 93.2 Å². The molecule has 0 aliphatic heterocycles. The normalized spacial score (nSPS) is 13.0. The number of rotatable bonds is 5. The molecular formula is C14H8Cl2F6N4O3S. The highest BCUT2D eigenvalue weighted by Gasteiger charge is 2.59. The molecule has 0 spiro atoms. The molecular weight excluding hydrogens is 489 g/mol. The van der Waals surface area contributed by atoms with Crippen LogP contribution in [0.5, 0.6) is 5.75 Å². The molecule has 1 unspecified atom stereocenters. The molecule has 2 rings (SSSR count). The summed E-state index contributed by atoms with van der Waals surface area (Å²) in [6.45, 7) is 1.47. The third-order valence-corrected chi connectivity index (χ3v) is 4.62. The van der Waals surface area contributed by atoms with Gasteiger partial charge in [0.1, 0.15) is 10.6 Å². The fourth-order valence-corrected chi connectivity index (χ4v) is 2.80. The van der Waals surface area contributed by atoms with Crippen LogP contribution in [0.15, 0.2) is 12.1 Å². The minimum Gasteiger partial charge on any atom is -0.428 e. The molecule has 0 bridgehead atoms.